The molecule has 5 rings (SSSR count). The molecule has 0 amide bonds. The molecule has 2 aromatic heterocycles. The first-order chi connectivity index (χ1) is 15.7. The minimum atomic E-state index is -0.0379. The minimum Gasteiger partial charge on any atom is -0.298 e. The van der Waals surface area contributed by atoms with Crippen molar-refractivity contribution in [3.05, 3.63) is 136 Å². The van der Waals surface area contributed by atoms with Crippen LogP contribution < -0.4 is 0 Å². The standard InChI is InChI=1S/C28H19IN2O/c29-23-16-17-26-30-27(22-14-8-3-9-15-22)28(31(26)19-23)24(20-10-4-1-5-11-20)18-25(32)21-12-6-2-7-13-21/h1-19H/b24-18+. The Hall–Kier alpha value is -3.51. The van der Waals surface area contributed by atoms with Crippen molar-refractivity contribution in [1.29, 1.82) is 0 Å². The molecule has 0 radical (unpaired) electrons. The summed E-state index contributed by atoms with van der Waals surface area (Å²) in [7, 11) is 0. The summed E-state index contributed by atoms with van der Waals surface area (Å²) in [4.78, 5) is 18.2. The van der Waals surface area contributed by atoms with Crippen LogP contribution in [0, 0.1) is 3.57 Å². The van der Waals surface area contributed by atoms with Gasteiger partial charge >= 0.3 is 0 Å². The number of pyridine rings is 1. The normalized spacial score (nSPS) is 11.6. The van der Waals surface area contributed by atoms with Crippen LogP contribution in [0.25, 0.3) is 22.5 Å². The van der Waals surface area contributed by atoms with Crippen LogP contribution in [0.3, 0.4) is 0 Å². The van der Waals surface area contributed by atoms with E-state index in [1.54, 1.807) is 6.08 Å². The molecule has 0 saturated heterocycles. The van der Waals surface area contributed by atoms with Crippen molar-refractivity contribution in [3.8, 4) is 11.3 Å². The van der Waals surface area contributed by atoms with Gasteiger partial charge in [-0.1, -0.05) is 91.0 Å². The zero-order valence-electron chi connectivity index (χ0n) is 17.2. The van der Waals surface area contributed by atoms with Gasteiger partial charge in [-0.25, -0.2) is 4.98 Å². The van der Waals surface area contributed by atoms with E-state index in [-0.39, 0.29) is 5.78 Å². The van der Waals surface area contributed by atoms with Crippen molar-refractivity contribution in [2.75, 3.05) is 0 Å². The highest BCUT2D eigenvalue weighted by Crippen LogP contribution is 2.34. The van der Waals surface area contributed by atoms with Crippen LogP contribution in [0.4, 0.5) is 0 Å². The van der Waals surface area contributed by atoms with Crippen LogP contribution in [0.1, 0.15) is 21.6 Å². The van der Waals surface area contributed by atoms with Crippen molar-refractivity contribution in [2.45, 2.75) is 0 Å². The zero-order chi connectivity index (χ0) is 21.9. The Labute approximate surface area is 200 Å². The summed E-state index contributed by atoms with van der Waals surface area (Å²) in [5, 5.41) is 0. The zero-order valence-corrected chi connectivity index (χ0v) is 19.3. The van der Waals surface area contributed by atoms with Crippen molar-refractivity contribution >= 4 is 39.6 Å². The Bertz CT molecular complexity index is 1420. The summed E-state index contributed by atoms with van der Waals surface area (Å²) in [6.07, 6.45) is 3.80. The van der Waals surface area contributed by atoms with Crippen LogP contribution in [0.15, 0.2) is 115 Å². The van der Waals surface area contributed by atoms with Gasteiger partial charge in [0.1, 0.15) is 5.65 Å². The third-order valence-corrected chi connectivity index (χ3v) is 5.94. The smallest absolute Gasteiger partial charge is 0.186 e. The van der Waals surface area contributed by atoms with Gasteiger partial charge in [0.15, 0.2) is 5.78 Å². The second-order valence-corrected chi connectivity index (χ2v) is 8.65. The van der Waals surface area contributed by atoms with Crippen molar-refractivity contribution < 1.29 is 4.79 Å². The molecule has 5 aromatic rings. The summed E-state index contributed by atoms with van der Waals surface area (Å²) >= 11 is 2.31. The maximum Gasteiger partial charge on any atom is 0.186 e. The minimum absolute atomic E-state index is 0.0379. The van der Waals surface area contributed by atoms with Crippen molar-refractivity contribution in [1.82, 2.24) is 9.38 Å². The number of rotatable bonds is 5. The van der Waals surface area contributed by atoms with E-state index in [1.807, 2.05) is 91.0 Å². The molecule has 32 heavy (non-hydrogen) atoms. The molecule has 0 fully saturated rings. The van der Waals surface area contributed by atoms with E-state index in [0.29, 0.717) is 5.56 Å². The summed E-state index contributed by atoms with van der Waals surface area (Å²) in [6.45, 7) is 0. The molecule has 0 unspecified atom stereocenters. The average molecular weight is 526 g/mol. The number of aromatic nitrogens is 2. The summed E-state index contributed by atoms with van der Waals surface area (Å²) in [5.41, 5.74) is 6.07. The second-order valence-electron chi connectivity index (χ2n) is 7.40. The first-order valence-corrected chi connectivity index (χ1v) is 11.4. The van der Waals surface area contributed by atoms with E-state index >= 15 is 0 Å². The fourth-order valence-electron chi connectivity index (χ4n) is 3.80. The summed E-state index contributed by atoms with van der Waals surface area (Å²) in [6, 6.07) is 33.6. The summed E-state index contributed by atoms with van der Waals surface area (Å²) in [5.74, 6) is -0.0379. The van der Waals surface area contributed by atoms with E-state index in [0.717, 1.165) is 37.3 Å². The Morgan fingerprint density at radius 3 is 2.00 bits per heavy atom. The molecule has 0 aliphatic rings. The maximum atomic E-state index is 13.3. The number of allylic oxidation sites excluding steroid dienone is 1. The molecule has 0 bridgehead atoms. The molecule has 3 aromatic carbocycles. The van der Waals surface area contributed by atoms with Gasteiger partial charge in [-0.15, -0.1) is 0 Å². The molecule has 3 nitrogen and oxygen atoms in total. The quantitative estimate of drug-likeness (QED) is 0.142. The predicted octanol–water partition coefficient (Wildman–Crippen LogP) is 6.92. The van der Waals surface area contributed by atoms with Gasteiger partial charge in [0, 0.05) is 26.5 Å². The predicted molar refractivity (Wildman–Crippen MR) is 138 cm³/mol. The number of carbonyl (C=O) groups is 1. The number of fused-ring (bicyclic) bond motifs is 1. The van der Waals surface area contributed by atoms with Crippen molar-refractivity contribution in [2.24, 2.45) is 0 Å². The van der Waals surface area contributed by atoms with Gasteiger partial charge in [-0.2, -0.15) is 0 Å². The van der Waals surface area contributed by atoms with E-state index in [9.17, 15) is 4.79 Å². The lowest BCUT2D eigenvalue weighted by Gasteiger charge is -2.12. The topological polar surface area (TPSA) is 34.4 Å². The van der Waals surface area contributed by atoms with Gasteiger partial charge < -0.3 is 0 Å². The summed E-state index contributed by atoms with van der Waals surface area (Å²) < 4.78 is 3.18. The lowest BCUT2D eigenvalue weighted by atomic mass is 9.96. The van der Waals surface area contributed by atoms with E-state index in [2.05, 4.69) is 45.3 Å². The van der Waals surface area contributed by atoms with Crippen LogP contribution in [0.2, 0.25) is 0 Å². The van der Waals surface area contributed by atoms with Gasteiger partial charge in [-0.05, 0) is 46.4 Å². The largest absolute Gasteiger partial charge is 0.298 e. The monoisotopic (exact) mass is 526 g/mol. The van der Waals surface area contributed by atoms with E-state index < -0.39 is 0 Å². The molecular formula is C28H19IN2O. The number of ketones is 1. The van der Waals surface area contributed by atoms with Crippen LogP contribution >= 0.6 is 22.6 Å². The molecule has 0 aliphatic heterocycles. The SMILES string of the molecule is O=C(/C=C(\c1ccccc1)c1c(-c2ccccc2)nc2ccc(I)cn12)c1ccccc1. The Morgan fingerprint density at radius 1 is 0.750 bits per heavy atom. The molecule has 0 spiro atoms. The number of hydrogen-bond acceptors (Lipinski definition) is 2. The van der Waals surface area contributed by atoms with Crippen LogP contribution in [-0.4, -0.2) is 15.2 Å². The van der Waals surface area contributed by atoms with Gasteiger partial charge in [0.05, 0.1) is 11.4 Å². The highest BCUT2D eigenvalue weighted by molar-refractivity contribution is 14.1. The number of benzene rings is 3. The second kappa shape index (κ2) is 8.93. The highest BCUT2D eigenvalue weighted by Gasteiger charge is 2.20. The van der Waals surface area contributed by atoms with E-state index in [1.165, 1.54) is 0 Å². The maximum absolute atomic E-state index is 13.3. The molecule has 0 atom stereocenters. The first-order valence-electron chi connectivity index (χ1n) is 10.3. The third-order valence-electron chi connectivity index (χ3n) is 5.30. The fraction of sp³-hybridized carbons (Fsp3) is 0. The van der Waals surface area contributed by atoms with Crippen LogP contribution in [-0.2, 0) is 0 Å². The lowest BCUT2D eigenvalue weighted by Crippen LogP contribution is -2.01. The fourth-order valence-corrected chi connectivity index (χ4v) is 4.25. The third kappa shape index (κ3) is 4.01. The Kier molecular flexibility index (Phi) is 5.69. The molecule has 4 heteroatoms. The number of imidazole rings is 1. The van der Waals surface area contributed by atoms with Crippen LogP contribution in [0.5, 0.6) is 0 Å². The molecule has 0 N–H and O–H groups in total. The lowest BCUT2D eigenvalue weighted by molar-refractivity contribution is 0.104. The number of hydrogen-bond donors (Lipinski definition) is 0. The first kappa shape index (κ1) is 20.4. The molecule has 2 heterocycles. The molecular weight excluding hydrogens is 507 g/mol. The number of carbonyl (C=O) groups excluding carboxylic acids is 1. The molecule has 154 valence electrons. The van der Waals surface area contributed by atoms with Crippen molar-refractivity contribution in [3.63, 3.8) is 0 Å². The van der Waals surface area contributed by atoms with Gasteiger partial charge in [-0.3, -0.25) is 9.20 Å². The van der Waals surface area contributed by atoms with Gasteiger partial charge in [0.2, 0.25) is 0 Å². The molecule has 0 saturated carbocycles. The Morgan fingerprint density at radius 2 is 1.34 bits per heavy atom. The number of nitrogens with zero attached hydrogens (tertiary/aromatic N) is 2. The Balaban J connectivity index is 1.82. The van der Waals surface area contributed by atoms with E-state index in [4.69, 9.17) is 4.98 Å². The average Bonchev–Trinajstić information content (AvgIpc) is 3.22. The number of halogens is 1. The highest BCUT2D eigenvalue weighted by atomic mass is 127. The molecule has 0 aliphatic carbocycles. The van der Waals surface area contributed by atoms with Gasteiger partial charge in [0.25, 0.3) is 0 Å².